The van der Waals surface area contributed by atoms with Crippen LogP contribution in [0.5, 0.6) is 0 Å². The Kier molecular flexibility index (Phi) is 8.81. The average Bonchev–Trinajstić information content (AvgIpc) is 3.97. The maximum atomic E-state index is 12.9. The Morgan fingerprint density at radius 1 is 0.980 bits per heavy atom. The van der Waals surface area contributed by atoms with Crippen molar-refractivity contribution in [2.24, 2.45) is 56.7 Å². The van der Waals surface area contributed by atoms with Gasteiger partial charge < -0.3 is 34.3 Å². The molecule has 6 saturated carbocycles. The lowest BCUT2D eigenvalue weighted by atomic mass is 9.41. The highest BCUT2D eigenvalue weighted by Crippen LogP contribution is 2.89. The molecule has 8 fully saturated rings. The zero-order valence-corrected chi connectivity index (χ0v) is 32.9. The third-order valence-electron chi connectivity index (χ3n) is 16.8. The summed E-state index contributed by atoms with van der Waals surface area (Å²) in [5, 5.41) is 15.5. The molecule has 2 saturated heterocycles. The molecule has 0 aromatic carbocycles. The van der Waals surface area contributed by atoms with E-state index in [0.717, 1.165) is 32.1 Å². The fraction of sp³-hybridized carbons (Fsp3) is 0.952. The van der Waals surface area contributed by atoms with Gasteiger partial charge in [-0.15, -0.1) is 0 Å². The third-order valence-corrected chi connectivity index (χ3v) is 16.8. The van der Waals surface area contributed by atoms with Gasteiger partial charge in [-0.05, 0) is 143 Å². The molecular weight excluding hydrogens is 644 g/mol. The number of carbonyl (C=O) groups is 2. The van der Waals surface area contributed by atoms with E-state index < -0.39 is 11.7 Å². The molecule has 0 aromatic heterocycles. The van der Waals surface area contributed by atoms with Crippen molar-refractivity contribution in [1.29, 1.82) is 0 Å². The first-order valence-corrected chi connectivity index (χ1v) is 20.8. The first kappa shape index (κ1) is 36.6. The second kappa shape index (κ2) is 12.3. The van der Waals surface area contributed by atoms with Crippen molar-refractivity contribution in [2.75, 3.05) is 26.2 Å². The number of carbonyl (C=O) groups excluding carboxylic acids is 2. The van der Waals surface area contributed by atoms with Crippen LogP contribution < -0.4 is 5.32 Å². The number of amides is 2. The van der Waals surface area contributed by atoms with Gasteiger partial charge in [0.25, 0.3) is 0 Å². The number of fused-ring (bicyclic) bond motifs is 4. The van der Waals surface area contributed by atoms with E-state index in [9.17, 15) is 14.7 Å². The van der Waals surface area contributed by atoms with Crippen LogP contribution in [0.2, 0.25) is 0 Å². The predicted octanol–water partition coefficient (Wildman–Crippen LogP) is 7.08. The van der Waals surface area contributed by atoms with Crippen molar-refractivity contribution in [1.82, 2.24) is 10.2 Å². The molecule has 2 aliphatic heterocycles. The van der Waals surface area contributed by atoms with Crippen LogP contribution >= 0.6 is 0 Å². The molecule has 2 heterocycles. The van der Waals surface area contributed by atoms with Crippen molar-refractivity contribution < 1.29 is 33.6 Å². The van der Waals surface area contributed by atoms with Crippen LogP contribution in [0, 0.1) is 56.7 Å². The number of rotatable bonds is 7. The molecule has 8 rings (SSSR count). The van der Waals surface area contributed by atoms with E-state index in [1.807, 2.05) is 25.7 Å². The second-order valence-electron chi connectivity index (χ2n) is 20.8. The minimum Gasteiger partial charge on any atom is -0.444 e. The lowest BCUT2D eigenvalue weighted by molar-refractivity contribution is -0.248. The van der Waals surface area contributed by atoms with Gasteiger partial charge in [0.15, 0.2) is 6.29 Å². The van der Waals surface area contributed by atoms with Crippen molar-refractivity contribution in [2.45, 2.75) is 169 Å². The molecule has 9 nitrogen and oxygen atoms in total. The standard InChI is InChI=1S/C42H68N2O7/c1-25-21-27(14-18-43-36(47)51-37(2,3)4)49-34-33(25)39(7)16-17-42-24-41(42)15-13-30(38(5,6)28(41)11-12-29(42)40(39,8)35(34)46)50-32-23-44(19-20-48-32)31(45)22-26-9-10-26/h25-30,32-35,46H,9-24H2,1-8H3,(H,43,47)/t25-,27?,28+,29+,30?,32?,33?,34?,35+,39-,40-,41?,42+/m1/s1. The molecule has 2 spiro atoms. The minimum absolute atomic E-state index is 0.0124. The van der Waals surface area contributed by atoms with Crippen molar-refractivity contribution in [3.05, 3.63) is 0 Å². The molecule has 6 unspecified atom stereocenters. The number of morpholine rings is 1. The van der Waals surface area contributed by atoms with Crippen molar-refractivity contribution >= 4 is 12.0 Å². The molecule has 0 aromatic rings. The summed E-state index contributed by atoms with van der Waals surface area (Å²) >= 11 is 0. The normalized spacial score (nSPS) is 48.3. The monoisotopic (exact) mass is 713 g/mol. The van der Waals surface area contributed by atoms with Crippen LogP contribution in [-0.2, 0) is 23.7 Å². The highest BCUT2D eigenvalue weighted by atomic mass is 16.7. The van der Waals surface area contributed by atoms with E-state index in [0.29, 0.717) is 67.7 Å². The molecule has 0 bridgehead atoms. The molecule has 51 heavy (non-hydrogen) atoms. The smallest absolute Gasteiger partial charge is 0.407 e. The lowest BCUT2D eigenvalue weighted by Gasteiger charge is -2.64. The van der Waals surface area contributed by atoms with Gasteiger partial charge in [-0.25, -0.2) is 4.79 Å². The van der Waals surface area contributed by atoms with Gasteiger partial charge in [0.2, 0.25) is 5.91 Å². The maximum Gasteiger partial charge on any atom is 0.407 e. The van der Waals surface area contributed by atoms with Crippen LogP contribution in [-0.4, -0.2) is 84.6 Å². The SMILES string of the molecule is C[C@@H]1CC(CCNC(=O)OC(C)(C)C)OC2C1[C@@]1(C)CC[C@@]34CC35CCC(OC3CN(C(=O)CC6CC6)CCO3)C(C)(C)[C@@H]5CC[C@H]4[C@]1(C)[C@H]2O. The highest BCUT2D eigenvalue weighted by Gasteiger charge is 2.84. The van der Waals surface area contributed by atoms with Crippen LogP contribution in [0.1, 0.15) is 132 Å². The summed E-state index contributed by atoms with van der Waals surface area (Å²) in [6.07, 6.45) is 11.8. The number of aliphatic hydroxyl groups excluding tert-OH is 1. The van der Waals surface area contributed by atoms with Crippen LogP contribution in [0.4, 0.5) is 4.79 Å². The number of hydrogen-bond acceptors (Lipinski definition) is 7. The summed E-state index contributed by atoms with van der Waals surface area (Å²) in [4.78, 5) is 27.2. The molecule has 2 N–H and O–H groups in total. The van der Waals surface area contributed by atoms with E-state index >= 15 is 0 Å². The summed E-state index contributed by atoms with van der Waals surface area (Å²) in [6, 6.07) is 0. The lowest BCUT2D eigenvalue weighted by Crippen LogP contribution is -2.60. The Bertz CT molecular complexity index is 1380. The van der Waals surface area contributed by atoms with Crippen molar-refractivity contribution in [3.63, 3.8) is 0 Å². The average molecular weight is 713 g/mol. The van der Waals surface area contributed by atoms with Crippen LogP contribution in [0.15, 0.2) is 0 Å². The maximum absolute atomic E-state index is 12.9. The van der Waals surface area contributed by atoms with Gasteiger partial charge >= 0.3 is 6.09 Å². The largest absolute Gasteiger partial charge is 0.444 e. The van der Waals surface area contributed by atoms with E-state index in [4.69, 9.17) is 18.9 Å². The quantitative estimate of drug-likeness (QED) is 0.291. The Morgan fingerprint density at radius 2 is 1.71 bits per heavy atom. The Balaban J connectivity index is 0.947. The summed E-state index contributed by atoms with van der Waals surface area (Å²) < 4.78 is 25.4. The topological polar surface area (TPSA) is 107 Å². The molecule has 8 aliphatic rings. The van der Waals surface area contributed by atoms with E-state index in [2.05, 4.69) is 39.9 Å². The molecule has 2 amide bonds. The molecule has 288 valence electrons. The van der Waals surface area contributed by atoms with Gasteiger partial charge in [0.05, 0.1) is 37.6 Å². The van der Waals surface area contributed by atoms with Crippen LogP contribution in [0.25, 0.3) is 0 Å². The van der Waals surface area contributed by atoms with E-state index in [1.165, 1.54) is 38.5 Å². The predicted molar refractivity (Wildman–Crippen MR) is 193 cm³/mol. The summed E-state index contributed by atoms with van der Waals surface area (Å²) in [7, 11) is 0. The highest BCUT2D eigenvalue weighted by molar-refractivity contribution is 5.76. The number of alkyl carbamates (subject to hydrolysis) is 1. The Hall–Kier alpha value is -1.42. The van der Waals surface area contributed by atoms with Gasteiger partial charge in [-0.3, -0.25) is 4.79 Å². The van der Waals surface area contributed by atoms with E-state index in [-0.39, 0.29) is 58.3 Å². The minimum atomic E-state index is -0.523. The molecule has 9 heteroatoms. The fourth-order valence-electron chi connectivity index (χ4n) is 14.3. The van der Waals surface area contributed by atoms with Crippen molar-refractivity contribution in [3.8, 4) is 0 Å². The fourth-order valence-corrected chi connectivity index (χ4v) is 14.3. The Labute approximate surface area is 307 Å². The molecule has 13 atom stereocenters. The van der Waals surface area contributed by atoms with E-state index in [1.54, 1.807) is 0 Å². The molecule has 6 aliphatic carbocycles. The summed E-state index contributed by atoms with van der Waals surface area (Å²) in [6.45, 7) is 20.2. The molecular formula is C42H68N2O7. The first-order chi connectivity index (χ1) is 23.9. The van der Waals surface area contributed by atoms with Gasteiger partial charge in [-0.2, -0.15) is 0 Å². The van der Waals surface area contributed by atoms with Gasteiger partial charge in [-0.1, -0.05) is 34.6 Å². The number of nitrogens with one attached hydrogen (secondary N) is 1. The zero-order valence-electron chi connectivity index (χ0n) is 32.9. The number of hydrogen-bond donors (Lipinski definition) is 2. The van der Waals surface area contributed by atoms with Gasteiger partial charge in [0, 0.05) is 24.9 Å². The summed E-state index contributed by atoms with van der Waals surface area (Å²) in [5.41, 5.74) is -0.0756. The Morgan fingerprint density at radius 3 is 2.43 bits per heavy atom. The van der Waals surface area contributed by atoms with Gasteiger partial charge in [0.1, 0.15) is 5.60 Å². The second-order valence-corrected chi connectivity index (χ2v) is 20.8. The first-order valence-electron chi connectivity index (χ1n) is 20.8. The number of ether oxygens (including phenoxy) is 4. The zero-order chi connectivity index (χ0) is 36.4. The summed E-state index contributed by atoms with van der Waals surface area (Å²) in [5.74, 6) is 2.72. The number of nitrogens with zero attached hydrogens (tertiary/aromatic N) is 1. The number of aliphatic hydroxyl groups is 1. The molecule has 0 radical (unpaired) electrons. The third kappa shape index (κ3) is 5.65. The van der Waals surface area contributed by atoms with Crippen LogP contribution in [0.3, 0.4) is 0 Å².